The zero-order valence-corrected chi connectivity index (χ0v) is 26.6. The highest BCUT2D eigenvalue weighted by Crippen LogP contribution is 2.51. The molecule has 0 atom stereocenters. The van der Waals surface area contributed by atoms with Crippen molar-refractivity contribution in [2.24, 2.45) is 0 Å². The molecule has 8 aromatic rings. The Kier molecular flexibility index (Phi) is 6.20. The van der Waals surface area contributed by atoms with Crippen LogP contribution in [0, 0.1) is 0 Å². The summed E-state index contributed by atoms with van der Waals surface area (Å²) in [5.74, 6) is 0. The summed E-state index contributed by atoms with van der Waals surface area (Å²) in [5, 5.41) is 2.49. The monoisotopic (exact) mass is 602 g/mol. The van der Waals surface area contributed by atoms with E-state index in [1.165, 1.54) is 60.9 Å². The Morgan fingerprint density at radius 2 is 1.00 bits per heavy atom. The van der Waals surface area contributed by atoms with Crippen molar-refractivity contribution in [1.82, 2.24) is 4.57 Å². The molecule has 0 aliphatic heterocycles. The zero-order valence-electron chi connectivity index (χ0n) is 26.6. The molecule has 9 rings (SSSR count). The van der Waals surface area contributed by atoms with Gasteiger partial charge in [0.1, 0.15) is 0 Å². The average Bonchev–Trinajstić information content (AvgIpc) is 3.58. The molecule has 0 bridgehead atoms. The molecule has 224 valence electrons. The van der Waals surface area contributed by atoms with Gasteiger partial charge in [-0.3, -0.25) is 0 Å². The van der Waals surface area contributed by atoms with Crippen LogP contribution in [0.5, 0.6) is 0 Å². The van der Waals surface area contributed by atoms with Gasteiger partial charge in [-0.25, -0.2) is 0 Å². The molecule has 2 nitrogen and oxygen atoms in total. The zero-order chi connectivity index (χ0) is 31.5. The van der Waals surface area contributed by atoms with E-state index in [0.29, 0.717) is 0 Å². The molecule has 0 spiro atoms. The van der Waals surface area contributed by atoms with Crippen molar-refractivity contribution >= 4 is 38.9 Å². The van der Waals surface area contributed by atoms with Crippen LogP contribution in [0.2, 0.25) is 0 Å². The van der Waals surface area contributed by atoms with Gasteiger partial charge in [-0.1, -0.05) is 123 Å². The second-order valence-corrected chi connectivity index (χ2v) is 13.0. The van der Waals surface area contributed by atoms with Crippen LogP contribution in [0.3, 0.4) is 0 Å². The number of anilines is 3. The van der Waals surface area contributed by atoms with Gasteiger partial charge in [0.15, 0.2) is 0 Å². The van der Waals surface area contributed by atoms with E-state index in [1.54, 1.807) is 0 Å². The first-order valence-corrected chi connectivity index (χ1v) is 16.4. The molecule has 0 saturated carbocycles. The maximum atomic E-state index is 2.42. The van der Waals surface area contributed by atoms with Crippen molar-refractivity contribution in [2.75, 3.05) is 4.90 Å². The lowest BCUT2D eigenvalue weighted by Gasteiger charge is -2.28. The lowest BCUT2D eigenvalue weighted by atomic mass is 9.82. The molecule has 0 fully saturated rings. The number of para-hydroxylation sites is 2. The summed E-state index contributed by atoms with van der Waals surface area (Å²) in [7, 11) is 0. The van der Waals surface area contributed by atoms with Crippen LogP contribution in [-0.2, 0) is 5.41 Å². The molecule has 2 heteroatoms. The molecule has 0 radical (unpaired) electrons. The molecule has 1 aliphatic carbocycles. The Labute approximate surface area is 275 Å². The number of benzene rings is 7. The molecule has 7 aromatic carbocycles. The van der Waals surface area contributed by atoms with Gasteiger partial charge in [0, 0.05) is 38.9 Å². The quantitative estimate of drug-likeness (QED) is 0.190. The van der Waals surface area contributed by atoms with Crippen LogP contribution in [0.25, 0.3) is 49.7 Å². The largest absolute Gasteiger partial charge is 0.310 e. The van der Waals surface area contributed by atoms with E-state index in [4.69, 9.17) is 0 Å². The van der Waals surface area contributed by atoms with Gasteiger partial charge >= 0.3 is 0 Å². The Morgan fingerprint density at radius 3 is 1.81 bits per heavy atom. The predicted molar refractivity (Wildman–Crippen MR) is 198 cm³/mol. The lowest BCUT2D eigenvalue weighted by molar-refractivity contribution is 0.660. The summed E-state index contributed by atoms with van der Waals surface area (Å²) >= 11 is 0. The van der Waals surface area contributed by atoms with E-state index >= 15 is 0 Å². The average molecular weight is 603 g/mol. The molecule has 0 saturated heterocycles. The van der Waals surface area contributed by atoms with Crippen LogP contribution >= 0.6 is 0 Å². The van der Waals surface area contributed by atoms with E-state index in [2.05, 4.69) is 193 Å². The minimum Gasteiger partial charge on any atom is -0.310 e. The van der Waals surface area contributed by atoms with E-state index in [1.807, 2.05) is 0 Å². The highest BCUT2D eigenvalue weighted by Gasteiger charge is 2.35. The Balaban J connectivity index is 1.25. The number of rotatable bonds is 5. The summed E-state index contributed by atoms with van der Waals surface area (Å²) in [4.78, 5) is 2.42. The summed E-state index contributed by atoms with van der Waals surface area (Å²) in [6, 6.07) is 61.8. The summed E-state index contributed by atoms with van der Waals surface area (Å²) in [6.07, 6.45) is 0. The smallest absolute Gasteiger partial charge is 0.0542 e. The minimum atomic E-state index is -0.0855. The van der Waals surface area contributed by atoms with E-state index in [0.717, 1.165) is 17.1 Å². The number of hydrogen-bond acceptors (Lipinski definition) is 1. The van der Waals surface area contributed by atoms with Gasteiger partial charge in [-0.05, 0) is 94.0 Å². The van der Waals surface area contributed by atoms with Gasteiger partial charge in [0.25, 0.3) is 0 Å². The molecule has 0 N–H and O–H groups in total. The van der Waals surface area contributed by atoms with Gasteiger partial charge in [-0.2, -0.15) is 0 Å². The van der Waals surface area contributed by atoms with E-state index < -0.39 is 0 Å². The number of aromatic nitrogens is 1. The van der Waals surface area contributed by atoms with Crippen LogP contribution in [0.15, 0.2) is 170 Å². The fourth-order valence-electron chi connectivity index (χ4n) is 7.67. The third kappa shape index (κ3) is 4.33. The second kappa shape index (κ2) is 10.6. The van der Waals surface area contributed by atoms with Crippen LogP contribution in [0.4, 0.5) is 17.1 Å². The SMILES string of the molecule is CC1(C)c2ccccc2-c2ccc(N(c3ccc(-c4ccccc4)cc3)c3ccc4c(c3)c3ccccc3n4-c3ccccc3)cc21. The van der Waals surface area contributed by atoms with Crippen molar-refractivity contribution < 1.29 is 0 Å². The first-order chi connectivity index (χ1) is 23.1. The fourth-order valence-corrected chi connectivity index (χ4v) is 7.67. The molecule has 1 heterocycles. The number of fused-ring (bicyclic) bond motifs is 6. The van der Waals surface area contributed by atoms with Crippen LogP contribution < -0.4 is 4.90 Å². The maximum absolute atomic E-state index is 2.42. The second-order valence-electron chi connectivity index (χ2n) is 13.0. The van der Waals surface area contributed by atoms with Crippen molar-refractivity contribution in [1.29, 1.82) is 0 Å². The number of hydrogen-bond donors (Lipinski definition) is 0. The van der Waals surface area contributed by atoms with Crippen molar-refractivity contribution in [3.8, 4) is 27.9 Å². The Bertz CT molecular complexity index is 2420. The van der Waals surface area contributed by atoms with Gasteiger partial charge in [0.2, 0.25) is 0 Å². The van der Waals surface area contributed by atoms with Crippen molar-refractivity contribution in [3.63, 3.8) is 0 Å². The molecule has 0 amide bonds. The summed E-state index contributed by atoms with van der Waals surface area (Å²) in [6.45, 7) is 4.70. The minimum absolute atomic E-state index is 0.0855. The molecular formula is C45H34N2. The summed E-state index contributed by atoms with van der Waals surface area (Å²) < 4.78 is 2.38. The molecule has 1 aliphatic rings. The van der Waals surface area contributed by atoms with Gasteiger partial charge < -0.3 is 9.47 Å². The lowest BCUT2D eigenvalue weighted by Crippen LogP contribution is -2.16. The fraction of sp³-hybridized carbons (Fsp3) is 0.0667. The maximum Gasteiger partial charge on any atom is 0.0542 e. The van der Waals surface area contributed by atoms with Crippen molar-refractivity contribution in [3.05, 3.63) is 181 Å². The standard InChI is InChI=1S/C45H34N2/c1-45(2)41-19-11-9-17-37(41)38-27-25-36(30-42(38)45)46(34-23-21-32(22-24-34)31-13-5-3-6-14-31)35-26-28-44-40(29-35)39-18-10-12-20-43(39)47(44)33-15-7-4-8-16-33/h3-30H,1-2H3. The Morgan fingerprint density at radius 1 is 0.426 bits per heavy atom. The molecule has 0 unspecified atom stereocenters. The van der Waals surface area contributed by atoms with Crippen molar-refractivity contribution in [2.45, 2.75) is 19.3 Å². The molecule has 1 aromatic heterocycles. The molecular weight excluding hydrogens is 569 g/mol. The van der Waals surface area contributed by atoms with Crippen LogP contribution in [-0.4, -0.2) is 4.57 Å². The molecule has 47 heavy (non-hydrogen) atoms. The highest BCUT2D eigenvalue weighted by atomic mass is 15.1. The Hall–Kier alpha value is -5.86. The summed E-state index contributed by atoms with van der Waals surface area (Å²) in [5.41, 5.74) is 14.8. The first kappa shape index (κ1) is 27.5. The predicted octanol–water partition coefficient (Wildman–Crippen LogP) is 12.2. The highest BCUT2D eigenvalue weighted by molar-refractivity contribution is 6.10. The topological polar surface area (TPSA) is 8.17 Å². The van der Waals surface area contributed by atoms with E-state index in [9.17, 15) is 0 Å². The number of nitrogens with zero attached hydrogens (tertiary/aromatic N) is 2. The normalized spacial score (nSPS) is 13.1. The van der Waals surface area contributed by atoms with Gasteiger partial charge in [0.05, 0.1) is 11.0 Å². The van der Waals surface area contributed by atoms with Crippen LogP contribution in [0.1, 0.15) is 25.0 Å². The third-order valence-corrected chi connectivity index (χ3v) is 9.99. The first-order valence-electron chi connectivity index (χ1n) is 16.4. The van der Waals surface area contributed by atoms with Gasteiger partial charge in [-0.15, -0.1) is 0 Å². The third-order valence-electron chi connectivity index (χ3n) is 9.99. The van der Waals surface area contributed by atoms with E-state index in [-0.39, 0.29) is 5.41 Å².